The summed E-state index contributed by atoms with van der Waals surface area (Å²) in [6.07, 6.45) is 4.95. The minimum atomic E-state index is 1.08. The molecule has 0 bridgehead atoms. The molecule has 0 unspecified atom stereocenters. The number of hydrogen-bond acceptors (Lipinski definition) is 0. The predicted molar refractivity (Wildman–Crippen MR) is 50.2 cm³/mol. The first-order valence-corrected chi connectivity index (χ1v) is 3.92. The van der Waals surface area contributed by atoms with Gasteiger partial charge in [-0.05, 0) is 24.5 Å². The summed E-state index contributed by atoms with van der Waals surface area (Å²) < 4.78 is 0. The topological polar surface area (TPSA) is 0 Å². The highest BCUT2D eigenvalue weighted by Gasteiger charge is 1.92. The van der Waals surface area contributed by atoms with Gasteiger partial charge >= 0.3 is 0 Å². The van der Waals surface area contributed by atoms with E-state index in [0.29, 0.717) is 0 Å². The summed E-state index contributed by atoms with van der Waals surface area (Å²) in [5, 5.41) is 0. The maximum Gasteiger partial charge on any atom is -0.0228 e. The minimum absolute atomic E-state index is 1.08. The van der Waals surface area contributed by atoms with Gasteiger partial charge in [-0.3, -0.25) is 0 Å². The number of benzene rings is 1. The summed E-state index contributed by atoms with van der Waals surface area (Å²) >= 11 is 0. The van der Waals surface area contributed by atoms with Crippen LogP contribution in [0.4, 0.5) is 0 Å². The van der Waals surface area contributed by atoms with Gasteiger partial charge in [-0.1, -0.05) is 43.3 Å². The molecule has 0 aromatic heterocycles. The van der Waals surface area contributed by atoms with Gasteiger partial charge in [0.15, 0.2) is 0 Å². The predicted octanol–water partition coefficient (Wildman–Crippen LogP) is 3.10. The molecule has 0 heteroatoms. The van der Waals surface area contributed by atoms with Crippen molar-refractivity contribution in [1.82, 2.24) is 0 Å². The third-order valence-electron chi connectivity index (χ3n) is 1.73. The van der Waals surface area contributed by atoms with Gasteiger partial charge in [0.2, 0.25) is 0 Å². The second kappa shape index (κ2) is 3.97. The van der Waals surface area contributed by atoms with Crippen LogP contribution in [0.2, 0.25) is 0 Å². The summed E-state index contributed by atoms with van der Waals surface area (Å²) in [4.78, 5) is 0. The van der Waals surface area contributed by atoms with Crippen LogP contribution in [0.15, 0.2) is 30.3 Å². The van der Waals surface area contributed by atoms with Crippen molar-refractivity contribution in [2.75, 3.05) is 0 Å². The molecular formula is C11H13. The van der Waals surface area contributed by atoms with Gasteiger partial charge in [0.1, 0.15) is 0 Å². The Morgan fingerprint density at radius 3 is 2.73 bits per heavy atom. The molecule has 1 aromatic carbocycles. The van der Waals surface area contributed by atoms with Crippen LogP contribution in [0.3, 0.4) is 0 Å². The van der Waals surface area contributed by atoms with Crippen molar-refractivity contribution >= 4 is 6.08 Å². The van der Waals surface area contributed by atoms with E-state index in [1.54, 1.807) is 0 Å². The SMILES string of the molecule is [CH2]/C=C/c1ccccc1CC. The van der Waals surface area contributed by atoms with Crippen LogP contribution >= 0.6 is 0 Å². The van der Waals surface area contributed by atoms with E-state index < -0.39 is 0 Å². The Morgan fingerprint density at radius 2 is 2.09 bits per heavy atom. The molecule has 0 amide bonds. The summed E-state index contributed by atoms with van der Waals surface area (Å²) in [5.41, 5.74) is 2.66. The fourth-order valence-corrected chi connectivity index (χ4v) is 1.15. The van der Waals surface area contributed by atoms with Crippen molar-refractivity contribution in [1.29, 1.82) is 0 Å². The molecule has 1 rings (SSSR count). The van der Waals surface area contributed by atoms with Gasteiger partial charge in [0, 0.05) is 0 Å². The third kappa shape index (κ3) is 1.94. The van der Waals surface area contributed by atoms with E-state index in [0.717, 1.165) is 6.42 Å². The molecule has 0 nitrogen and oxygen atoms in total. The Kier molecular flexibility index (Phi) is 2.91. The van der Waals surface area contributed by atoms with E-state index in [9.17, 15) is 0 Å². The summed E-state index contributed by atoms with van der Waals surface area (Å²) in [7, 11) is 0. The molecular weight excluding hydrogens is 132 g/mol. The molecule has 0 aliphatic rings. The van der Waals surface area contributed by atoms with Crippen molar-refractivity contribution in [3.63, 3.8) is 0 Å². The van der Waals surface area contributed by atoms with Gasteiger partial charge in [-0.2, -0.15) is 0 Å². The summed E-state index contributed by atoms with van der Waals surface area (Å²) in [5.74, 6) is 0. The first-order chi connectivity index (χ1) is 5.38. The number of allylic oxidation sites excluding steroid dienone is 1. The quantitative estimate of drug-likeness (QED) is 0.600. The average Bonchev–Trinajstić information content (AvgIpc) is 2.06. The van der Waals surface area contributed by atoms with Gasteiger partial charge in [-0.15, -0.1) is 0 Å². The highest BCUT2D eigenvalue weighted by molar-refractivity contribution is 5.53. The first-order valence-electron chi connectivity index (χ1n) is 3.92. The smallest absolute Gasteiger partial charge is 0.0228 e. The van der Waals surface area contributed by atoms with Crippen LogP contribution in [-0.4, -0.2) is 0 Å². The maximum absolute atomic E-state index is 3.68. The van der Waals surface area contributed by atoms with Crippen LogP contribution in [0.1, 0.15) is 18.1 Å². The van der Waals surface area contributed by atoms with Crippen LogP contribution in [-0.2, 0) is 6.42 Å². The second-order valence-electron chi connectivity index (χ2n) is 2.45. The number of rotatable bonds is 2. The Morgan fingerprint density at radius 1 is 1.36 bits per heavy atom. The maximum atomic E-state index is 3.68. The lowest BCUT2D eigenvalue weighted by Gasteiger charge is -2.00. The minimum Gasteiger partial charge on any atom is -0.0836 e. The Bertz CT molecular complexity index is 246. The second-order valence-corrected chi connectivity index (χ2v) is 2.45. The zero-order valence-electron chi connectivity index (χ0n) is 6.88. The van der Waals surface area contributed by atoms with Crippen molar-refractivity contribution in [3.8, 4) is 0 Å². The van der Waals surface area contributed by atoms with Crippen LogP contribution in [0, 0.1) is 6.92 Å². The lowest BCUT2D eigenvalue weighted by atomic mass is 10.1. The van der Waals surface area contributed by atoms with E-state index in [-0.39, 0.29) is 0 Å². The largest absolute Gasteiger partial charge is 0.0836 e. The molecule has 1 aromatic rings. The molecule has 0 fully saturated rings. The summed E-state index contributed by atoms with van der Waals surface area (Å²) in [6.45, 7) is 5.84. The van der Waals surface area contributed by atoms with Gasteiger partial charge in [-0.25, -0.2) is 0 Å². The fraction of sp³-hybridized carbons (Fsp3) is 0.182. The van der Waals surface area contributed by atoms with E-state index in [1.807, 2.05) is 12.2 Å². The highest BCUT2D eigenvalue weighted by Crippen LogP contribution is 2.10. The molecule has 0 heterocycles. The van der Waals surface area contributed by atoms with E-state index in [2.05, 4.69) is 38.1 Å². The third-order valence-corrected chi connectivity index (χ3v) is 1.73. The van der Waals surface area contributed by atoms with Crippen molar-refractivity contribution in [2.45, 2.75) is 13.3 Å². The van der Waals surface area contributed by atoms with Gasteiger partial charge in [0.25, 0.3) is 0 Å². The van der Waals surface area contributed by atoms with Crippen LogP contribution in [0.5, 0.6) is 0 Å². The summed E-state index contributed by atoms with van der Waals surface area (Å²) in [6, 6.07) is 8.38. The lowest BCUT2D eigenvalue weighted by Crippen LogP contribution is -1.83. The molecule has 57 valence electrons. The number of aryl methyl sites for hydroxylation is 1. The van der Waals surface area contributed by atoms with Crippen molar-refractivity contribution in [2.24, 2.45) is 0 Å². The Balaban J connectivity index is 3.02. The molecule has 11 heavy (non-hydrogen) atoms. The molecule has 0 aliphatic carbocycles. The van der Waals surface area contributed by atoms with Gasteiger partial charge < -0.3 is 0 Å². The molecule has 0 saturated carbocycles. The van der Waals surface area contributed by atoms with E-state index in [4.69, 9.17) is 0 Å². The fourth-order valence-electron chi connectivity index (χ4n) is 1.15. The van der Waals surface area contributed by atoms with Crippen molar-refractivity contribution in [3.05, 3.63) is 48.4 Å². The molecule has 0 atom stereocenters. The zero-order chi connectivity index (χ0) is 8.10. The highest BCUT2D eigenvalue weighted by atomic mass is 14.0. The zero-order valence-corrected chi connectivity index (χ0v) is 6.88. The molecule has 0 saturated heterocycles. The lowest BCUT2D eigenvalue weighted by molar-refractivity contribution is 1.13. The molecule has 0 aliphatic heterocycles. The Hall–Kier alpha value is -1.04. The molecule has 0 spiro atoms. The Labute approximate surface area is 68.6 Å². The number of hydrogen-bond donors (Lipinski definition) is 0. The standard InChI is InChI=1S/C11H13/c1-3-7-11-9-6-5-8-10(11)4-2/h3,5-9H,1,4H2,2H3/b7-3+. The van der Waals surface area contributed by atoms with Crippen LogP contribution in [0.25, 0.3) is 6.08 Å². The van der Waals surface area contributed by atoms with Gasteiger partial charge in [0.05, 0.1) is 0 Å². The van der Waals surface area contributed by atoms with Crippen molar-refractivity contribution < 1.29 is 0 Å². The normalized spacial score (nSPS) is 10.7. The monoisotopic (exact) mass is 145 g/mol. The van der Waals surface area contributed by atoms with E-state index in [1.165, 1.54) is 11.1 Å². The average molecular weight is 145 g/mol. The molecule has 0 N–H and O–H groups in total. The van der Waals surface area contributed by atoms with Crippen LogP contribution < -0.4 is 0 Å². The molecule has 1 radical (unpaired) electrons. The first kappa shape index (κ1) is 8.06. The van der Waals surface area contributed by atoms with E-state index >= 15 is 0 Å².